The first kappa shape index (κ1) is 17.9. The summed E-state index contributed by atoms with van der Waals surface area (Å²) in [5, 5.41) is 0. The summed E-state index contributed by atoms with van der Waals surface area (Å²) >= 11 is 0. The molecular weight excluding hydrogens is 302 g/mol. The predicted molar refractivity (Wildman–Crippen MR) is 95.4 cm³/mol. The number of ether oxygens (including phenoxy) is 2. The van der Waals surface area contributed by atoms with Gasteiger partial charge in [-0.25, -0.2) is 0 Å². The van der Waals surface area contributed by atoms with Crippen molar-refractivity contribution in [2.75, 3.05) is 14.2 Å². The van der Waals surface area contributed by atoms with Crippen molar-refractivity contribution in [1.29, 1.82) is 0 Å². The normalized spacial score (nSPS) is 11.7. The Morgan fingerprint density at radius 1 is 1.12 bits per heavy atom. The van der Waals surface area contributed by atoms with Gasteiger partial charge in [-0.05, 0) is 42.7 Å². The van der Waals surface area contributed by atoms with Crippen LogP contribution in [0.25, 0.3) is 0 Å². The van der Waals surface area contributed by atoms with Gasteiger partial charge < -0.3 is 14.4 Å². The Bertz CT molecular complexity index is 667. The highest BCUT2D eigenvalue weighted by atomic mass is 16.5. The summed E-state index contributed by atoms with van der Waals surface area (Å²) in [5.41, 5.74) is 2.08. The van der Waals surface area contributed by atoms with Crippen LogP contribution in [0, 0.1) is 6.92 Å². The van der Waals surface area contributed by atoms with Crippen LogP contribution in [-0.2, 0) is 11.3 Å². The fraction of sp³-hybridized carbons (Fsp3) is 0.350. The maximum absolute atomic E-state index is 12.7. The molecule has 0 heterocycles. The third-order valence-corrected chi connectivity index (χ3v) is 3.96. The smallest absolute Gasteiger partial charge is 0.263 e. The number of hydrogen-bond donors (Lipinski definition) is 0. The van der Waals surface area contributed by atoms with Gasteiger partial charge in [0.05, 0.1) is 7.11 Å². The standard InChI is InChI=1S/C20H25NO3/c1-5-18(24-19-9-7-6-8-15(19)2)20(22)21(3)14-16-10-12-17(23-4)13-11-16/h6-13,18H,5,14H2,1-4H3/t18-/m0/s1. The van der Waals surface area contributed by atoms with E-state index >= 15 is 0 Å². The first-order valence-electron chi connectivity index (χ1n) is 8.15. The third kappa shape index (κ3) is 4.51. The minimum Gasteiger partial charge on any atom is -0.497 e. The van der Waals surface area contributed by atoms with Crippen LogP contribution in [0.5, 0.6) is 11.5 Å². The highest BCUT2D eigenvalue weighted by Crippen LogP contribution is 2.20. The lowest BCUT2D eigenvalue weighted by molar-refractivity contribution is -0.138. The Kier molecular flexibility index (Phi) is 6.24. The molecule has 0 aliphatic carbocycles. The van der Waals surface area contributed by atoms with Gasteiger partial charge in [0.2, 0.25) is 0 Å². The van der Waals surface area contributed by atoms with Crippen molar-refractivity contribution < 1.29 is 14.3 Å². The molecule has 1 atom stereocenters. The molecule has 0 aromatic heterocycles. The van der Waals surface area contributed by atoms with Crippen molar-refractivity contribution in [1.82, 2.24) is 4.90 Å². The van der Waals surface area contributed by atoms with E-state index in [1.54, 1.807) is 19.1 Å². The van der Waals surface area contributed by atoms with Gasteiger partial charge in [0.1, 0.15) is 11.5 Å². The quantitative estimate of drug-likeness (QED) is 0.776. The highest BCUT2D eigenvalue weighted by Gasteiger charge is 2.22. The molecule has 4 nitrogen and oxygen atoms in total. The van der Waals surface area contributed by atoms with Gasteiger partial charge in [-0.1, -0.05) is 37.3 Å². The van der Waals surface area contributed by atoms with E-state index in [1.165, 1.54) is 0 Å². The van der Waals surface area contributed by atoms with E-state index < -0.39 is 6.10 Å². The van der Waals surface area contributed by atoms with Crippen molar-refractivity contribution in [2.24, 2.45) is 0 Å². The zero-order valence-electron chi connectivity index (χ0n) is 14.8. The number of benzene rings is 2. The van der Waals surface area contributed by atoms with Gasteiger partial charge in [-0.15, -0.1) is 0 Å². The molecule has 0 radical (unpaired) electrons. The van der Waals surface area contributed by atoms with E-state index in [0.717, 1.165) is 22.6 Å². The van der Waals surface area contributed by atoms with E-state index in [-0.39, 0.29) is 5.91 Å². The summed E-state index contributed by atoms with van der Waals surface area (Å²) in [6, 6.07) is 15.5. The molecule has 0 N–H and O–H groups in total. The van der Waals surface area contributed by atoms with E-state index in [9.17, 15) is 4.79 Å². The third-order valence-electron chi connectivity index (χ3n) is 3.96. The molecule has 2 rings (SSSR count). The number of likely N-dealkylation sites (N-methyl/N-ethyl adjacent to an activating group) is 1. The van der Waals surface area contributed by atoms with E-state index in [0.29, 0.717) is 13.0 Å². The SMILES string of the molecule is CC[C@H](Oc1ccccc1C)C(=O)N(C)Cc1ccc(OC)cc1. The van der Waals surface area contributed by atoms with Gasteiger partial charge in [-0.3, -0.25) is 4.79 Å². The number of amides is 1. The van der Waals surface area contributed by atoms with Crippen LogP contribution < -0.4 is 9.47 Å². The molecule has 0 saturated carbocycles. The lowest BCUT2D eigenvalue weighted by Gasteiger charge is -2.24. The Morgan fingerprint density at radius 3 is 2.38 bits per heavy atom. The maximum atomic E-state index is 12.7. The molecule has 0 spiro atoms. The minimum absolute atomic E-state index is 0.0171. The van der Waals surface area contributed by atoms with E-state index in [2.05, 4.69) is 0 Å². The molecule has 2 aromatic rings. The maximum Gasteiger partial charge on any atom is 0.263 e. The van der Waals surface area contributed by atoms with E-state index in [4.69, 9.17) is 9.47 Å². The largest absolute Gasteiger partial charge is 0.497 e. The molecule has 4 heteroatoms. The molecule has 0 aliphatic rings. The number of carbonyl (C=O) groups is 1. The van der Waals surface area contributed by atoms with Crippen LogP contribution in [0.4, 0.5) is 0 Å². The second kappa shape index (κ2) is 8.39. The molecule has 128 valence electrons. The molecular formula is C20H25NO3. The van der Waals surface area contributed by atoms with Crippen molar-refractivity contribution in [3.05, 3.63) is 59.7 Å². The number of nitrogens with zero attached hydrogens (tertiary/aromatic N) is 1. The first-order valence-corrected chi connectivity index (χ1v) is 8.15. The predicted octanol–water partition coefficient (Wildman–Crippen LogP) is 3.82. The van der Waals surface area contributed by atoms with Crippen LogP contribution in [-0.4, -0.2) is 31.1 Å². The van der Waals surface area contributed by atoms with Crippen LogP contribution in [0.3, 0.4) is 0 Å². The zero-order valence-corrected chi connectivity index (χ0v) is 14.8. The van der Waals surface area contributed by atoms with Gasteiger partial charge in [0, 0.05) is 13.6 Å². The lowest BCUT2D eigenvalue weighted by Crippen LogP contribution is -2.39. The fourth-order valence-corrected chi connectivity index (χ4v) is 2.48. The zero-order chi connectivity index (χ0) is 17.5. The van der Waals surface area contributed by atoms with Crippen LogP contribution in [0.15, 0.2) is 48.5 Å². The number of para-hydroxylation sites is 1. The summed E-state index contributed by atoms with van der Waals surface area (Å²) in [7, 11) is 3.44. The summed E-state index contributed by atoms with van der Waals surface area (Å²) < 4.78 is 11.1. The van der Waals surface area contributed by atoms with Crippen molar-refractivity contribution in [2.45, 2.75) is 32.9 Å². The van der Waals surface area contributed by atoms with E-state index in [1.807, 2.05) is 62.4 Å². The molecule has 0 saturated heterocycles. The fourth-order valence-electron chi connectivity index (χ4n) is 2.48. The topological polar surface area (TPSA) is 38.8 Å². The monoisotopic (exact) mass is 327 g/mol. The summed E-state index contributed by atoms with van der Waals surface area (Å²) in [6.07, 6.45) is 0.148. The van der Waals surface area contributed by atoms with Crippen molar-refractivity contribution >= 4 is 5.91 Å². The number of methoxy groups -OCH3 is 1. The van der Waals surface area contributed by atoms with Crippen LogP contribution in [0.1, 0.15) is 24.5 Å². The summed E-state index contributed by atoms with van der Waals surface area (Å²) in [5.74, 6) is 1.55. The Hall–Kier alpha value is -2.49. The Morgan fingerprint density at radius 2 is 1.79 bits per heavy atom. The van der Waals surface area contributed by atoms with Gasteiger partial charge >= 0.3 is 0 Å². The molecule has 0 unspecified atom stereocenters. The second-order valence-electron chi connectivity index (χ2n) is 5.82. The number of hydrogen-bond acceptors (Lipinski definition) is 3. The minimum atomic E-state index is -0.477. The molecule has 24 heavy (non-hydrogen) atoms. The average molecular weight is 327 g/mol. The van der Waals surface area contributed by atoms with Crippen LogP contribution in [0.2, 0.25) is 0 Å². The van der Waals surface area contributed by atoms with Crippen molar-refractivity contribution in [3.8, 4) is 11.5 Å². The number of aryl methyl sites for hydroxylation is 1. The Labute approximate surface area is 144 Å². The molecule has 2 aromatic carbocycles. The number of carbonyl (C=O) groups excluding carboxylic acids is 1. The molecule has 1 amide bonds. The summed E-state index contributed by atoms with van der Waals surface area (Å²) in [6.45, 7) is 4.48. The lowest BCUT2D eigenvalue weighted by atomic mass is 10.1. The first-order chi connectivity index (χ1) is 11.5. The summed E-state index contributed by atoms with van der Waals surface area (Å²) in [4.78, 5) is 14.4. The van der Waals surface area contributed by atoms with Crippen LogP contribution >= 0.6 is 0 Å². The number of rotatable bonds is 7. The van der Waals surface area contributed by atoms with Gasteiger partial charge in [-0.2, -0.15) is 0 Å². The molecule has 0 aliphatic heterocycles. The van der Waals surface area contributed by atoms with Gasteiger partial charge in [0.15, 0.2) is 6.10 Å². The second-order valence-corrected chi connectivity index (χ2v) is 5.82. The van der Waals surface area contributed by atoms with Crippen molar-refractivity contribution in [3.63, 3.8) is 0 Å². The highest BCUT2D eigenvalue weighted by molar-refractivity contribution is 5.81. The van der Waals surface area contributed by atoms with Gasteiger partial charge in [0.25, 0.3) is 5.91 Å². The molecule has 0 fully saturated rings. The Balaban J connectivity index is 2.02. The molecule has 0 bridgehead atoms. The average Bonchev–Trinajstić information content (AvgIpc) is 2.61.